The van der Waals surface area contributed by atoms with Crippen molar-refractivity contribution in [3.8, 4) is 11.4 Å². The van der Waals surface area contributed by atoms with Crippen molar-refractivity contribution in [3.63, 3.8) is 0 Å². The number of carbonyl (C=O) groups is 2. The van der Waals surface area contributed by atoms with Gasteiger partial charge in [-0.25, -0.2) is 0 Å². The molecule has 1 fully saturated rings. The average Bonchev–Trinajstić information content (AvgIpc) is 3.14. The molecule has 0 saturated carbocycles. The lowest BCUT2D eigenvalue weighted by Crippen LogP contribution is -2.27. The van der Waals surface area contributed by atoms with Crippen LogP contribution >= 0.6 is 35.0 Å². The van der Waals surface area contributed by atoms with Crippen LogP contribution in [-0.2, 0) is 11.3 Å². The van der Waals surface area contributed by atoms with Crippen molar-refractivity contribution in [1.29, 1.82) is 0 Å². The quantitative estimate of drug-likeness (QED) is 0.449. The maximum Gasteiger partial charge on any atom is 0.293 e. The minimum absolute atomic E-state index is 0.0878. The van der Waals surface area contributed by atoms with Gasteiger partial charge >= 0.3 is 0 Å². The van der Waals surface area contributed by atoms with Crippen LogP contribution in [0.2, 0.25) is 10.0 Å². The molecule has 8 heteroatoms. The summed E-state index contributed by atoms with van der Waals surface area (Å²) < 4.78 is 2.03. The van der Waals surface area contributed by atoms with Crippen LogP contribution in [0.1, 0.15) is 22.5 Å². The molecule has 158 valence electrons. The third kappa shape index (κ3) is 4.24. The highest BCUT2D eigenvalue weighted by molar-refractivity contribution is 8.18. The molecule has 5 nitrogen and oxygen atoms in total. The summed E-state index contributed by atoms with van der Waals surface area (Å²) in [4.78, 5) is 27.0. The van der Waals surface area contributed by atoms with Crippen LogP contribution in [0.3, 0.4) is 0 Å². The number of thioether (sulfide) groups is 1. The number of hydrogen-bond donors (Lipinski definition) is 1. The van der Waals surface area contributed by atoms with Crippen LogP contribution < -0.4 is 0 Å². The SMILES string of the molecule is Cc1cc(/C=C2\SC(=O)N(Cc3ccc(Cl)cc3Cl)C2=O)c(C)n1-c1ccc(O)cc1. The molecule has 0 aliphatic carbocycles. The van der Waals surface area contributed by atoms with Gasteiger partial charge in [0.25, 0.3) is 11.1 Å². The van der Waals surface area contributed by atoms with E-state index in [0.29, 0.717) is 20.5 Å². The number of phenols is 1. The van der Waals surface area contributed by atoms with Gasteiger partial charge in [-0.15, -0.1) is 0 Å². The van der Waals surface area contributed by atoms with E-state index in [9.17, 15) is 14.7 Å². The third-order valence-corrected chi connectivity index (χ3v) is 6.58. The van der Waals surface area contributed by atoms with Gasteiger partial charge in [0.1, 0.15) is 5.75 Å². The third-order valence-electron chi connectivity index (χ3n) is 5.08. The minimum atomic E-state index is -0.351. The van der Waals surface area contributed by atoms with E-state index in [2.05, 4.69) is 0 Å². The second kappa shape index (κ2) is 8.46. The molecular formula is C23H18Cl2N2O3S. The van der Waals surface area contributed by atoms with Crippen LogP contribution in [0.15, 0.2) is 53.4 Å². The largest absolute Gasteiger partial charge is 0.508 e. The van der Waals surface area contributed by atoms with E-state index in [-0.39, 0.29) is 23.4 Å². The zero-order valence-electron chi connectivity index (χ0n) is 16.7. The fourth-order valence-electron chi connectivity index (χ4n) is 3.53. The predicted molar refractivity (Wildman–Crippen MR) is 125 cm³/mol. The lowest BCUT2D eigenvalue weighted by Gasteiger charge is -2.13. The molecule has 1 aliphatic rings. The lowest BCUT2D eigenvalue weighted by atomic mass is 10.2. The van der Waals surface area contributed by atoms with Gasteiger partial charge in [-0.1, -0.05) is 29.3 Å². The molecule has 1 N–H and O–H groups in total. The number of phenolic OH excluding ortho intramolecular Hbond substituents is 1. The fraction of sp³-hybridized carbons (Fsp3) is 0.130. The highest BCUT2D eigenvalue weighted by Crippen LogP contribution is 2.35. The summed E-state index contributed by atoms with van der Waals surface area (Å²) in [5.41, 5.74) is 4.30. The Morgan fingerprint density at radius 2 is 1.74 bits per heavy atom. The Morgan fingerprint density at radius 1 is 1.03 bits per heavy atom. The summed E-state index contributed by atoms with van der Waals surface area (Å²) in [7, 11) is 0. The highest BCUT2D eigenvalue weighted by atomic mass is 35.5. The van der Waals surface area contributed by atoms with Crippen molar-refractivity contribution in [2.24, 2.45) is 0 Å². The molecule has 0 spiro atoms. The van der Waals surface area contributed by atoms with Crippen molar-refractivity contribution in [3.05, 3.63) is 86.0 Å². The summed E-state index contributed by atoms with van der Waals surface area (Å²) in [6.07, 6.45) is 1.74. The standard InChI is InChI=1S/C23H18Cl2N2O3S/c1-13-9-16(14(2)27(13)18-5-7-19(28)8-6-18)10-21-22(29)26(23(30)31-21)12-15-3-4-17(24)11-20(15)25/h3-11,28H,12H2,1-2H3/b21-10-. The number of imide groups is 1. The second-order valence-electron chi connectivity index (χ2n) is 7.18. The number of rotatable bonds is 4. The molecular weight excluding hydrogens is 455 g/mol. The Bertz CT molecular complexity index is 1230. The Labute approximate surface area is 193 Å². The van der Waals surface area contributed by atoms with E-state index in [0.717, 1.165) is 34.4 Å². The van der Waals surface area contributed by atoms with Crippen molar-refractivity contribution >= 4 is 52.2 Å². The predicted octanol–water partition coefficient (Wildman–Crippen LogP) is 6.34. The summed E-state index contributed by atoms with van der Waals surface area (Å²) in [5, 5.41) is 10.1. The monoisotopic (exact) mass is 472 g/mol. The highest BCUT2D eigenvalue weighted by Gasteiger charge is 2.35. The molecule has 0 bridgehead atoms. The van der Waals surface area contributed by atoms with Gasteiger partial charge in [0.05, 0.1) is 11.4 Å². The molecule has 1 aliphatic heterocycles. The Morgan fingerprint density at radius 3 is 2.42 bits per heavy atom. The van der Waals surface area contributed by atoms with E-state index in [4.69, 9.17) is 23.2 Å². The zero-order chi connectivity index (χ0) is 22.3. The lowest BCUT2D eigenvalue weighted by molar-refractivity contribution is -0.123. The van der Waals surface area contributed by atoms with Gasteiger partial charge in [-0.2, -0.15) is 0 Å². The van der Waals surface area contributed by atoms with E-state index < -0.39 is 0 Å². The number of amides is 2. The summed E-state index contributed by atoms with van der Waals surface area (Å²) >= 11 is 13.0. The minimum Gasteiger partial charge on any atom is -0.508 e. The van der Waals surface area contributed by atoms with E-state index in [1.54, 1.807) is 36.4 Å². The fourth-order valence-corrected chi connectivity index (χ4v) is 4.83. The molecule has 3 aromatic rings. The molecule has 0 radical (unpaired) electrons. The Kier molecular flexibility index (Phi) is 5.88. The number of benzene rings is 2. The molecule has 2 amide bonds. The van der Waals surface area contributed by atoms with Gasteiger partial charge < -0.3 is 9.67 Å². The average molecular weight is 473 g/mol. The summed E-state index contributed by atoms with van der Waals surface area (Å²) in [6, 6.07) is 13.8. The normalized spacial score (nSPS) is 15.4. The molecule has 1 aromatic heterocycles. The number of aromatic hydroxyl groups is 1. The van der Waals surface area contributed by atoms with E-state index >= 15 is 0 Å². The zero-order valence-corrected chi connectivity index (χ0v) is 19.1. The molecule has 0 atom stereocenters. The summed E-state index contributed by atoms with van der Waals surface area (Å²) in [6.45, 7) is 4.00. The molecule has 31 heavy (non-hydrogen) atoms. The number of aryl methyl sites for hydroxylation is 1. The molecule has 0 unspecified atom stereocenters. The van der Waals surface area contributed by atoms with Gasteiger partial charge in [-0.3, -0.25) is 14.5 Å². The number of hydrogen-bond acceptors (Lipinski definition) is 4. The van der Waals surface area contributed by atoms with Crippen molar-refractivity contribution in [1.82, 2.24) is 9.47 Å². The van der Waals surface area contributed by atoms with Crippen LogP contribution in [-0.4, -0.2) is 25.7 Å². The smallest absolute Gasteiger partial charge is 0.293 e. The van der Waals surface area contributed by atoms with Crippen LogP contribution in [0, 0.1) is 13.8 Å². The van der Waals surface area contributed by atoms with Gasteiger partial charge in [-0.05, 0) is 85.3 Å². The first kappa shape index (κ1) is 21.6. The van der Waals surface area contributed by atoms with Gasteiger partial charge in [0.2, 0.25) is 0 Å². The molecule has 2 aromatic carbocycles. The Balaban J connectivity index is 1.62. The van der Waals surface area contributed by atoms with Crippen molar-refractivity contribution in [2.75, 3.05) is 0 Å². The second-order valence-corrected chi connectivity index (χ2v) is 9.02. The van der Waals surface area contributed by atoms with Gasteiger partial charge in [0, 0.05) is 27.1 Å². The molecule has 1 saturated heterocycles. The van der Waals surface area contributed by atoms with Crippen LogP contribution in [0.4, 0.5) is 4.79 Å². The maximum absolute atomic E-state index is 12.9. The first-order valence-electron chi connectivity index (χ1n) is 9.42. The number of carbonyl (C=O) groups excluding carboxylic acids is 2. The number of aromatic nitrogens is 1. The summed E-state index contributed by atoms with van der Waals surface area (Å²) in [5.74, 6) is -0.156. The van der Waals surface area contributed by atoms with Gasteiger partial charge in [0.15, 0.2) is 0 Å². The van der Waals surface area contributed by atoms with Crippen LogP contribution in [0.5, 0.6) is 5.75 Å². The van der Waals surface area contributed by atoms with Crippen molar-refractivity contribution < 1.29 is 14.7 Å². The molecule has 4 rings (SSSR count). The first-order valence-corrected chi connectivity index (χ1v) is 11.0. The number of halogens is 2. The Hall–Kier alpha value is -2.67. The molecule has 2 heterocycles. The first-order chi connectivity index (χ1) is 14.7. The van der Waals surface area contributed by atoms with Crippen molar-refractivity contribution in [2.45, 2.75) is 20.4 Å². The topological polar surface area (TPSA) is 62.5 Å². The maximum atomic E-state index is 12.9. The van der Waals surface area contributed by atoms with E-state index in [1.165, 1.54) is 4.90 Å². The van der Waals surface area contributed by atoms with E-state index in [1.807, 2.05) is 36.6 Å². The van der Waals surface area contributed by atoms with Crippen LogP contribution in [0.25, 0.3) is 11.8 Å². The number of nitrogens with zero attached hydrogens (tertiary/aromatic N) is 2.